The second kappa shape index (κ2) is 9.66. The minimum Gasteiger partial charge on any atom is -0.508 e. The molecule has 188 valence electrons. The van der Waals surface area contributed by atoms with Crippen LogP contribution in [0.4, 0.5) is 0 Å². The van der Waals surface area contributed by atoms with Gasteiger partial charge in [0.2, 0.25) is 11.2 Å². The van der Waals surface area contributed by atoms with Crippen LogP contribution in [0.3, 0.4) is 0 Å². The number of likely N-dealkylation sites (tertiary alicyclic amines) is 1. The van der Waals surface area contributed by atoms with Gasteiger partial charge in [0.05, 0.1) is 26.0 Å². The fraction of sp³-hybridized carbons (Fsp3) is 0.370. The van der Waals surface area contributed by atoms with Crippen molar-refractivity contribution in [2.24, 2.45) is 5.92 Å². The summed E-state index contributed by atoms with van der Waals surface area (Å²) in [6, 6.07) is 12.8. The first-order valence-electron chi connectivity index (χ1n) is 12.0. The van der Waals surface area contributed by atoms with E-state index in [-0.39, 0.29) is 29.4 Å². The normalized spacial score (nSPS) is 19.9. The Balaban J connectivity index is 1.44. The molecular formula is C27H28N2O7. The van der Waals surface area contributed by atoms with E-state index in [9.17, 15) is 24.6 Å². The summed E-state index contributed by atoms with van der Waals surface area (Å²) >= 11 is 0. The number of aromatic hydroxyl groups is 2. The Morgan fingerprint density at radius 2 is 1.89 bits per heavy atom. The van der Waals surface area contributed by atoms with E-state index >= 15 is 0 Å². The average Bonchev–Trinajstić information content (AvgIpc) is 2.86. The highest BCUT2D eigenvalue weighted by molar-refractivity contribution is 5.71. The van der Waals surface area contributed by atoms with Gasteiger partial charge in [-0.25, -0.2) is 0 Å². The molecule has 2 aliphatic heterocycles. The third-order valence-electron chi connectivity index (χ3n) is 7.15. The summed E-state index contributed by atoms with van der Waals surface area (Å²) in [6.07, 6.45) is 0.855. The molecule has 2 bridgehead atoms. The number of carbonyl (C=O) groups is 1. The first-order valence-corrected chi connectivity index (χ1v) is 12.0. The number of methoxy groups -OCH3 is 1. The molecule has 1 fully saturated rings. The Morgan fingerprint density at radius 1 is 1.11 bits per heavy atom. The van der Waals surface area contributed by atoms with E-state index in [4.69, 9.17) is 9.15 Å². The molecule has 1 saturated heterocycles. The van der Waals surface area contributed by atoms with Crippen molar-refractivity contribution in [3.8, 4) is 11.5 Å². The smallest absolute Gasteiger partial charge is 0.306 e. The van der Waals surface area contributed by atoms with Crippen molar-refractivity contribution in [2.45, 2.75) is 37.8 Å². The number of phenols is 1. The van der Waals surface area contributed by atoms with E-state index in [2.05, 4.69) is 4.90 Å². The molecule has 0 radical (unpaired) electrons. The average molecular weight is 493 g/mol. The van der Waals surface area contributed by atoms with E-state index in [0.717, 1.165) is 18.7 Å². The quantitative estimate of drug-likeness (QED) is 0.504. The van der Waals surface area contributed by atoms with Gasteiger partial charge < -0.3 is 23.9 Å². The summed E-state index contributed by atoms with van der Waals surface area (Å²) in [5, 5.41) is 20.3. The van der Waals surface area contributed by atoms with Crippen LogP contribution in [-0.4, -0.2) is 45.8 Å². The van der Waals surface area contributed by atoms with E-state index in [1.807, 2.05) is 10.6 Å². The van der Waals surface area contributed by atoms with Gasteiger partial charge in [-0.1, -0.05) is 18.2 Å². The Morgan fingerprint density at radius 3 is 2.64 bits per heavy atom. The zero-order valence-corrected chi connectivity index (χ0v) is 19.9. The van der Waals surface area contributed by atoms with E-state index in [1.54, 1.807) is 24.3 Å². The number of rotatable bonds is 6. The molecule has 2 N–H and O–H groups in total. The molecule has 1 aromatic carbocycles. The number of carbonyl (C=O) groups excluding carboxylic acids is 1. The Kier molecular flexibility index (Phi) is 6.40. The highest BCUT2D eigenvalue weighted by Gasteiger charge is 2.35. The van der Waals surface area contributed by atoms with Crippen LogP contribution in [0.25, 0.3) is 0 Å². The Labute approximate surface area is 207 Å². The van der Waals surface area contributed by atoms with Crippen molar-refractivity contribution in [3.05, 3.63) is 91.9 Å². The lowest BCUT2D eigenvalue weighted by molar-refractivity contribution is -0.140. The van der Waals surface area contributed by atoms with Crippen LogP contribution in [0.1, 0.15) is 47.5 Å². The van der Waals surface area contributed by atoms with Crippen LogP contribution >= 0.6 is 0 Å². The molecule has 3 aromatic rings. The van der Waals surface area contributed by atoms with Crippen LogP contribution in [0.15, 0.2) is 62.5 Å². The van der Waals surface area contributed by atoms with Gasteiger partial charge in [-0.15, -0.1) is 0 Å². The summed E-state index contributed by atoms with van der Waals surface area (Å²) < 4.78 is 12.8. The second-order valence-corrected chi connectivity index (χ2v) is 9.61. The van der Waals surface area contributed by atoms with Gasteiger partial charge in [-0.05, 0) is 36.1 Å². The number of hydrogen-bond donors (Lipinski definition) is 2. The van der Waals surface area contributed by atoms with Gasteiger partial charge in [0, 0.05) is 43.4 Å². The van der Waals surface area contributed by atoms with Crippen molar-refractivity contribution in [1.29, 1.82) is 0 Å². The zero-order valence-electron chi connectivity index (χ0n) is 19.9. The van der Waals surface area contributed by atoms with Crippen molar-refractivity contribution in [1.82, 2.24) is 9.47 Å². The number of fused-ring (bicyclic) bond motifs is 4. The molecule has 36 heavy (non-hydrogen) atoms. The molecular weight excluding hydrogens is 464 g/mol. The molecule has 0 aliphatic carbocycles. The van der Waals surface area contributed by atoms with Crippen molar-refractivity contribution in [2.75, 3.05) is 20.2 Å². The highest BCUT2D eigenvalue weighted by Crippen LogP contribution is 2.37. The fourth-order valence-electron chi connectivity index (χ4n) is 5.53. The number of phenolic OH excluding ortho intramolecular Hbond substituents is 1. The zero-order chi connectivity index (χ0) is 25.4. The summed E-state index contributed by atoms with van der Waals surface area (Å²) in [5.41, 5.74) is 1.05. The summed E-state index contributed by atoms with van der Waals surface area (Å²) in [5.74, 6) is -0.917. The minimum atomic E-state index is -0.773. The maximum Gasteiger partial charge on any atom is 0.306 e. The first kappa shape index (κ1) is 23.9. The van der Waals surface area contributed by atoms with Crippen LogP contribution < -0.4 is 11.0 Å². The lowest BCUT2D eigenvalue weighted by Crippen LogP contribution is -2.46. The summed E-state index contributed by atoms with van der Waals surface area (Å²) in [6.45, 7) is 2.48. The third-order valence-corrected chi connectivity index (χ3v) is 7.15. The van der Waals surface area contributed by atoms with Crippen LogP contribution in [0, 0.1) is 5.92 Å². The van der Waals surface area contributed by atoms with Gasteiger partial charge in [-0.3, -0.25) is 19.3 Å². The minimum absolute atomic E-state index is 0.0114. The maximum absolute atomic E-state index is 12.7. The number of hydrogen-bond acceptors (Lipinski definition) is 8. The van der Waals surface area contributed by atoms with E-state index in [1.165, 1.54) is 25.3 Å². The lowest BCUT2D eigenvalue weighted by Gasteiger charge is -2.42. The lowest BCUT2D eigenvalue weighted by atomic mass is 9.83. The molecule has 0 spiro atoms. The predicted molar refractivity (Wildman–Crippen MR) is 130 cm³/mol. The van der Waals surface area contributed by atoms with Crippen LogP contribution in [0.2, 0.25) is 0 Å². The number of benzene rings is 1. The summed E-state index contributed by atoms with van der Waals surface area (Å²) in [4.78, 5) is 39.4. The second-order valence-electron chi connectivity index (χ2n) is 9.61. The number of aromatic nitrogens is 1. The standard InChI is InChI=1S/C27H28N2O7/c1-35-25(33)11-21(17-5-7-19(30)8-6-17)27-26(34)23(31)10-20(36-27)15-28-12-16-9-18(14-28)22-3-2-4-24(32)29(22)13-16/h2-8,10,16,18,21,30,34H,9,11-15H2,1H3/t16-,18+,21-/m1/s1. The van der Waals surface area contributed by atoms with Crippen LogP contribution in [-0.2, 0) is 22.6 Å². The molecule has 0 amide bonds. The number of nitrogens with zero attached hydrogens (tertiary/aromatic N) is 2. The molecule has 9 heteroatoms. The summed E-state index contributed by atoms with van der Waals surface area (Å²) in [7, 11) is 1.27. The Hall–Kier alpha value is -3.85. The van der Waals surface area contributed by atoms with Gasteiger partial charge >= 0.3 is 5.97 Å². The fourth-order valence-corrected chi connectivity index (χ4v) is 5.53. The molecule has 4 heterocycles. The molecule has 9 nitrogen and oxygen atoms in total. The number of ether oxygens (including phenoxy) is 1. The van der Waals surface area contributed by atoms with Gasteiger partial charge in [-0.2, -0.15) is 0 Å². The molecule has 5 rings (SSSR count). The maximum atomic E-state index is 12.7. The third kappa shape index (κ3) is 4.66. The monoisotopic (exact) mass is 492 g/mol. The van der Waals surface area contributed by atoms with Gasteiger partial charge in [0.15, 0.2) is 5.76 Å². The topological polar surface area (TPSA) is 122 Å². The Bertz CT molecular complexity index is 1390. The van der Waals surface area contributed by atoms with E-state index in [0.29, 0.717) is 36.9 Å². The predicted octanol–water partition coefficient (Wildman–Crippen LogP) is 2.53. The highest BCUT2D eigenvalue weighted by atomic mass is 16.5. The molecule has 2 aromatic heterocycles. The van der Waals surface area contributed by atoms with Crippen molar-refractivity contribution >= 4 is 5.97 Å². The number of esters is 1. The van der Waals surface area contributed by atoms with E-state index < -0.39 is 23.1 Å². The van der Waals surface area contributed by atoms with Crippen LogP contribution in [0.5, 0.6) is 11.5 Å². The first-order chi connectivity index (χ1) is 17.3. The SMILES string of the molecule is COC(=O)C[C@H](c1ccc(O)cc1)c1oc(CN2C[C@H]3C[C@@H](C2)c2cccc(=O)n2C3)cc(=O)c1O. The molecule has 0 saturated carbocycles. The van der Waals surface area contributed by atoms with Crippen molar-refractivity contribution in [3.63, 3.8) is 0 Å². The number of piperidine rings is 1. The largest absolute Gasteiger partial charge is 0.508 e. The molecule has 2 aliphatic rings. The number of pyridine rings is 1. The van der Waals surface area contributed by atoms with Crippen molar-refractivity contribution < 1.29 is 24.2 Å². The molecule has 0 unspecified atom stereocenters. The molecule has 3 atom stereocenters. The van der Waals surface area contributed by atoms with Gasteiger partial charge in [0.25, 0.3) is 5.56 Å². The van der Waals surface area contributed by atoms with Gasteiger partial charge in [0.1, 0.15) is 11.5 Å².